The average molecular weight is 224 g/mol. The summed E-state index contributed by atoms with van der Waals surface area (Å²) in [4.78, 5) is 13.6. The first-order chi connectivity index (χ1) is 7.66. The first kappa shape index (κ1) is 11.2. The summed E-state index contributed by atoms with van der Waals surface area (Å²) >= 11 is 0. The molecule has 1 aliphatic heterocycles. The molecule has 88 valence electrons. The summed E-state index contributed by atoms with van der Waals surface area (Å²) in [5.74, 6) is 0.701. The van der Waals surface area contributed by atoms with Crippen LogP contribution in [-0.2, 0) is 11.3 Å². The number of rotatable bonds is 4. The molecule has 0 saturated carbocycles. The highest BCUT2D eigenvalue weighted by Crippen LogP contribution is 2.12. The minimum absolute atomic E-state index is 0.0386. The lowest BCUT2D eigenvalue weighted by molar-refractivity contribution is -0.130. The molecule has 1 aliphatic rings. The van der Waals surface area contributed by atoms with Crippen molar-refractivity contribution in [1.82, 2.24) is 10.2 Å². The van der Waals surface area contributed by atoms with Gasteiger partial charge in [0.25, 0.3) is 0 Å². The van der Waals surface area contributed by atoms with Gasteiger partial charge >= 0.3 is 0 Å². The van der Waals surface area contributed by atoms with E-state index in [0.29, 0.717) is 19.6 Å². The van der Waals surface area contributed by atoms with Gasteiger partial charge in [0.15, 0.2) is 0 Å². The Balaban J connectivity index is 1.75. The van der Waals surface area contributed by atoms with Crippen LogP contribution in [0.3, 0.4) is 0 Å². The predicted octanol–water partition coefficient (Wildman–Crippen LogP) is -0.0392. The van der Waals surface area contributed by atoms with E-state index >= 15 is 0 Å². The molecule has 0 aromatic carbocycles. The Hall–Kier alpha value is -1.33. The van der Waals surface area contributed by atoms with Crippen LogP contribution in [0.4, 0.5) is 0 Å². The predicted molar refractivity (Wildman–Crippen MR) is 57.6 cm³/mol. The van der Waals surface area contributed by atoms with Crippen LogP contribution in [0.1, 0.15) is 12.7 Å². The van der Waals surface area contributed by atoms with Crippen molar-refractivity contribution < 1.29 is 14.3 Å². The number of carbonyl (C=O) groups excluding carboxylic acids is 1. The van der Waals surface area contributed by atoms with E-state index in [0.717, 1.165) is 5.76 Å². The lowest BCUT2D eigenvalue weighted by Gasteiger charge is -2.39. The molecule has 5 heteroatoms. The molecule has 2 heterocycles. The van der Waals surface area contributed by atoms with Crippen LogP contribution in [0, 0.1) is 0 Å². The van der Waals surface area contributed by atoms with Crippen molar-refractivity contribution in [3.63, 3.8) is 0 Å². The Labute approximate surface area is 94.0 Å². The van der Waals surface area contributed by atoms with E-state index in [-0.39, 0.29) is 18.1 Å². The van der Waals surface area contributed by atoms with Gasteiger partial charge in [-0.05, 0) is 19.1 Å². The Morgan fingerprint density at radius 2 is 2.50 bits per heavy atom. The van der Waals surface area contributed by atoms with Gasteiger partial charge in [-0.1, -0.05) is 0 Å². The fourth-order valence-electron chi connectivity index (χ4n) is 1.71. The minimum atomic E-state index is -0.277. The summed E-state index contributed by atoms with van der Waals surface area (Å²) in [7, 11) is 0. The molecule has 16 heavy (non-hydrogen) atoms. The van der Waals surface area contributed by atoms with Crippen molar-refractivity contribution in [2.45, 2.75) is 25.6 Å². The number of furan rings is 1. The molecule has 1 unspecified atom stereocenters. The second kappa shape index (κ2) is 4.67. The number of aliphatic hydroxyl groups is 1. The quantitative estimate of drug-likeness (QED) is 0.753. The van der Waals surface area contributed by atoms with Crippen LogP contribution in [0.25, 0.3) is 0 Å². The summed E-state index contributed by atoms with van der Waals surface area (Å²) in [6, 6.07) is 3.41. The Kier molecular flexibility index (Phi) is 3.26. The maximum absolute atomic E-state index is 11.7. The van der Waals surface area contributed by atoms with Gasteiger partial charge in [0.2, 0.25) is 5.91 Å². The Morgan fingerprint density at radius 3 is 3.06 bits per heavy atom. The zero-order valence-electron chi connectivity index (χ0n) is 9.22. The second-order valence-corrected chi connectivity index (χ2v) is 4.08. The highest BCUT2D eigenvalue weighted by Gasteiger charge is 2.31. The molecule has 1 atom stereocenters. The minimum Gasteiger partial charge on any atom is -0.467 e. The van der Waals surface area contributed by atoms with Crippen LogP contribution in [0.5, 0.6) is 0 Å². The standard InChI is InChI=1S/C11H16N2O3/c1-8(13-6-9(14)7-13)11(15)12-5-10-3-2-4-16-10/h2-4,8-9,14H,5-7H2,1H3,(H,12,15). The number of likely N-dealkylation sites (tertiary alicyclic amines) is 1. The van der Waals surface area contributed by atoms with Gasteiger partial charge in [-0.2, -0.15) is 0 Å². The molecule has 1 amide bonds. The van der Waals surface area contributed by atoms with Crippen molar-refractivity contribution in [3.8, 4) is 0 Å². The molecule has 0 radical (unpaired) electrons. The second-order valence-electron chi connectivity index (χ2n) is 4.08. The van der Waals surface area contributed by atoms with E-state index in [1.807, 2.05) is 17.9 Å². The lowest BCUT2D eigenvalue weighted by Crippen LogP contribution is -2.58. The monoisotopic (exact) mass is 224 g/mol. The van der Waals surface area contributed by atoms with Crippen molar-refractivity contribution in [2.24, 2.45) is 0 Å². The van der Waals surface area contributed by atoms with Crippen molar-refractivity contribution >= 4 is 5.91 Å². The molecule has 1 aromatic heterocycles. The molecule has 0 spiro atoms. The van der Waals surface area contributed by atoms with E-state index in [2.05, 4.69) is 5.32 Å². The number of aliphatic hydroxyl groups excluding tert-OH is 1. The Morgan fingerprint density at radius 1 is 1.75 bits per heavy atom. The van der Waals surface area contributed by atoms with Crippen LogP contribution < -0.4 is 5.32 Å². The third-order valence-corrected chi connectivity index (χ3v) is 2.83. The molecule has 0 bridgehead atoms. The maximum Gasteiger partial charge on any atom is 0.237 e. The molecule has 2 rings (SSSR count). The molecule has 1 fully saturated rings. The van der Waals surface area contributed by atoms with Crippen LogP contribution >= 0.6 is 0 Å². The van der Waals surface area contributed by atoms with Gasteiger partial charge in [0.1, 0.15) is 5.76 Å². The van der Waals surface area contributed by atoms with Crippen molar-refractivity contribution in [2.75, 3.05) is 13.1 Å². The number of hydrogen-bond donors (Lipinski definition) is 2. The smallest absolute Gasteiger partial charge is 0.237 e. The normalized spacial score (nSPS) is 19.1. The van der Waals surface area contributed by atoms with E-state index in [4.69, 9.17) is 9.52 Å². The summed E-state index contributed by atoms with van der Waals surface area (Å²) in [5.41, 5.74) is 0. The molecular formula is C11H16N2O3. The number of carbonyl (C=O) groups is 1. The van der Waals surface area contributed by atoms with Crippen LogP contribution in [-0.4, -0.2) is 41.1 Å². The molecule has 5 nitrogen and oxygen atoms in total. The summed E-state index contributed by atoms with van der Waals surface area (Å²) < 4.78 is 5.11. The first-order valence-corrected chi connectivity index (χ1v) is 5.39. The number of nitrogens with zero attached hydrogens (tertiary/aromatic N) is 1. The fourth-order valence-corrected chi connectivity index (χ4v) is 1.71. The fraction of sp³-hybridized carbons (Fsp3) is 0.545. The van der Waals surface area contributed by atoms with E-state index in [1.54, 1.807) is 12.3 Å². The number of β-amino-alcohol motifs (C(OH)–C–C–N with tert-alkyl or cyclic N) is 1. The number of nitrogens with one attached hydrogen (secondary N) is 1. The third-order valence-electron chi connectivity index (χ3n) is 2.83. The topological polar surface area (TPSA) is 65.7 Å². The van der Waals surface area contributed by atoms with E-state index < -0.39 is 0 Å². The molecule has 1 aromatic rings. The zero-order chi connectivity index (χ0) is 11.5. The maximum atomic E-state index is 11.7. The summed E-state index contributed by atoms with van der Waals surface area (Å²) in [6.07, 6.45) is 1.30. The van der Waals surface area contributed by atoms with Crippen LogP contribution in [0.15, 0.2) is 22.8 Å². The third kappa shape index (κ3) is 2.43. The molecule has 1 saturated heterocycles. The summed E-state index contributed by atoms with van der Waals surface area (Å²) in [5, 5.41) is 11.9. The van der Waals surface area contributed by atoms with Gasteiger partial charge in [0, 0.05) is 13.1 Å². The van der Waals surface area contributed by atoms with Crippen molar-refractivity contribution in [1.29, 1.82) is 0 Å². The SMILES string of the molecule is CC(C(=O)NCc1ccco1)N1CC(O)C1. The van der Waals surface area contributed by atoms with Crippen molar-refractivity contribution in [3.05, 3.63) is 24.2 Å². The van der Waals surface area contributed by atoms with Gasteiger partial charge in [-0.25, -0.2) is 0 Å². The highest BCUT2D eigenvalue weighted by atomic mass is 16.3. The summed E-state index contributed by atoms with van der Waals surface area (Å²) in [6.45, 7) is 3.40. The van der Waals surface area contributed by atoms with E-state index in [1.165, 1.54) is 0 Å². The highest BCUT2D eigenvalue weighted by molar-refractivity contribution is 5.81. The van der Waals surface area contributed by atoms with Gasteiger partial charge in [0.05, 0.1) is 25.0 Å². The number of hydrogen-bond acceptors (Lipinski definition) is 4. The first-order valence-electron chi connectivity index (χ1n) is 5.39. The molecule has 2 N–H and O–H groups in total. The van der Waals surface area contributed by atoms with Gasteiger partial charge < -0.3 is 14.8 Å². The largest absolute Gasteiger partial charge is 0.467 e. The van der Waals surface area contributed by atoms with E-state index in [9.17, 15) is 4.79 Å². The Bertz CT molecular complexity index is 344. The van der Waals surface area contributed by atoms with Gasteiger partial charge in [-0.3, -0.25) is 9.69 Å². The molecular weight excluding hydrogens is 208 g/mol. The lowest BCUT2D eigenvalue weighted by atomic mass is 10.1. The molecule has 0 aliphatic carbocycles. The average Bonchev–Trinajstić information content (AvgIpc) is 2.73. The van der Waals surface area contributed by atoms with Crippen LogP contribution in [0.2, 0.25) is 0 Å². The van der Waals surface area contributed by atoms with Gasteiger partial charge in [-0.15, -0.1) is 0 Å². The number of amides is 1. The zero-order valence-corrected chi connectivity index (χ0v) is 9.22.